The van der Waals surface area contributed by atoms with Crippen molar-refractivity contribution in [3.05, 3.63) is 315 Å². The van der Waals surface area contributed by atoms with Crippen molar-refractivity contribution < 1.29 is 0 Å². The summed E-state index contributed by atoms with van der Waals surface area (Å²) in [6.45, 7) is 0. The number of hydrogen-bond donors (Lipinski definition) is 0. The first-order valence-electron chi connectivity index (χ1n) is 30.4. The Balaban J connectivity index is 0.844. The fraction of sp³-hybridized carbons (Fsp3) is 0. The van der Waals surface area contributed by atoms with E-state index in [1.54, 1.807) is 0 Å². The molecule has 0 saturated heterocycles. The smallest absolute Gasteiger partial charge is 0.160 e. The monoisotopic (exact) mass is 1150 g/mol. The maximum absolute atomic E-state index is 9.80. The molecule has 7 nitrogen and oxygen atoms in total. The summed E-state index contributed by atoms with van der Waals surface area (Å²) in [5.41, 5.74) is 22.8. The predicted molar refractivity (Wildman–Crippen MR) is 371 cm³/mol. The van der Waals surface area contributed by atoms with Crippen LogP contribution >= 0.6 is 0 Å². The Morgan fingerprint density at radius 1 is 0.222 bits per heavy atom. The molecule has 0 unspecified atom stereocenters. The van der Waals surface area contributed by atoms with Gasteiger partial charge in [0.2, 0.25) is 0 Å². The highest BCUT2D eigenvalue weighted by Crippen LogP contribution is 2.43. The normalized spacial score (nSPS) is 11.8. The predicted octanol–water partition coefficient (Wildman–Crippen LogP) is 21.1. The number of rotatable bonds is 9. The van der Waals surface area contributed by atoms with Gasteiger partial charge in [-0.3, -0.25) is 0 Å². The van der Waals surface area contributed by atoms with Gasteiger partial charge >= 0.3 is 0 Å². The van der Waals surface area contributed by atoms with Gasteiger partial charge in [0.25, 0.3) is 0 Å². The second kappa shape index (κ2) is 20.4. The summed E-state index contributed by atoms with van der Waals surface area (Å²) in [6.07, 6.45) is 0. The van der Waals surface area contributed by atoms with E-state index in [0.29, 0.717) is 11.4 Å². The van der Waals surface area contributed by atoms with E-state index < -0.39 is 0 Å². The van der Waals surface area contributed by atoms with Crippen molar-refractivity contribution in [2.75, 3.05) is 0 Å². The minimum atomic E-state index is 0.571. The number of para-hydroxylation sites is 6. The first-order chi connectivity index (χ1) is 44.6. The molecule has 0 N–H and O–H groups in total. The number of benzene rings is 13. The Hall–Kier alpha value is -12.4. The van der Waals surface area contributed by atoms with Crippen molar-refractivity contribution >= 4 is 87.2 Å². The minimum absolute atomic E-state index is 0.571. The van der Waals surface area contributed by atoms with E-state index in [0.717, 1.165) is 117 Å². The molecule has 5 aromatic heterocycles. The molecule has 18 rings (SSSR count). The second-order valence-corrected chi connectivity index (χ2v) is 23.3. The number of aromatic nitrogens is 6. The van der Waals surface area contributed by atoms with Crippen LogP contribution in [0.25, 0.3) is 166 Å². The van der Waals surface area contributed by atoms with E-state index in [-0.39, 0.29) is 0 Å². The van der Waals surface area contributed by atoms with Gasteiger partial charge in [0.15, 0.2) is 5.82 Å². The average molecular weight is 1150 g/mol. The summed E-state index contributed by atoms with van der Waals surface area (Å²) >= 11 is 0. The highest BCUT2D eigenvalue weighted by atomic mass is 15.0. The maximum atomic E-state index is 9.80. The third-order valence-corrected chi connectivity index (χ3v) is 18.2. The van der Waals surface area contributed by atoms with Gasteiger partial charge in [0, 0.05) is 82.5 Å². The summed E-state index contributed by atoms with van der Waals surface area (Å²) in [6, 6.07) is 113. The van der Waals surface area contributed by atoms with Crippen LogP contribution < -0.4 is 0 Å². The van der Waals surface area contributed by atoms with Crippen molar-refractivity contribution in [1.29, 1.82) is 5.26 Å². The molecule has 13 aromatic carbocycles. The molecule has 7 heteroatoms. The second-order valence-electron chi connectivity index (χ2n) is 23.3. The fourth-order valence-corrected chi connectivity index (χ4v) is 14.1. The lowest BCUT2D eigenvalue weighted by Gasteiger charge is -2.17. The molecular formula is C83H51N7. The lowest BCUT2D eigenvalue weighted by atomic mass is 10.0. The molecule has 0 bridgehead atoms. The Kier molecular flexibility index (Phi) is 11.5. The molecule has 0 aliphatic carbocycles. The first kappa shape index (κ1) is 50.9. The SMILES string of the molecule is N#Cc1ccc(-c2nc(-c3ccccc3)cc(-c3cc(-n4c5ccccc5c5cc(-c6ccc7c(c6)c6ccccc6n7-c6ccccc6)ccc54)cc(-n4c5ccccc5c5cc(-c6ccc7c(c6)c6ccccc6n7-c6ccccc6)ccc54)c3)n2)cc1. The molecule has 0 radical (unpaired) electrons. The first-order valence-corrected chi connectivity index (χ1v) is 30.4. The highest BCUT2D eigenvalue weighted by molar-refractivity contribution is 6.15. The van der Waals surface area contributed by atoms with E-state index >= 15 is 0 Å². The molecule has 0 fully saturated rings. The summed E-state index contributed by atoms with van der Waals surface area (Å²) < 4.78 is 9.60. The largest absolute Gasteiger partial charge is 0.309 e. The minimum Gasteiger partial charge on any atom is -0.309 e. The third kappa shape index (κ3) is 8.13. The van der Waals surface area contributed by atoms with Crippen LogP contribution in [0.5, 0.6) is 0 Å². The summed E-state index contributed by atoms with van der Waals surface area (Å²) in [4.78, 5) is 10.7. The van der Waals surface area contributed by atoms with Crippen molar-refractivity contribution in [2.45, 2.75) is 0 Å². The van der Waals surface area contributed by atoms with Crippen molar-refractivity contribution in [3.8, 4) is 85.0 Å². The number of hydrogen-bond acceptors (Lipinski definition) is 3. The molecule has 0 aliphatic heterocycles. The van der Waals surface area contributed by atoms with Gasteiger partial charge in [0.1, 0.15) is 0 Å². The Labute approximate surface area is 517 Å². The van der Waals surface area contributed by atoms with E-state index in [2.05, 4.69) is 291 Å². The summed E-state index contributed by atoms with van der Waals surface area (Å²) in [5.74, 6) is 0.571. The molecule has 90 heavy (non-hydrogen) atoms. The fourth-order valence-electron chi connectivity index (χ4n) is 14.1. The van der Waals surface area contributed by atoms with Crippen LogP contribution in [0.4, 0.5) is 0 Å². The number of fused-ring (bicyclic) bond motifs is 12. The lowest BCUT2D eigenvalue weighted by molar-refractivity contribution is 1.13. The lowest BCUT2D eigenvalue weighted by Crippen LogP contribution is -2.02. The van der Waals surface area contributed by atoms with E-state index in [4.69, 9.17) is 9.97 Å². The molecule has 0 amide bonds. The van der Waals surface area contributed by atoms with Crippen molar-refractivity contribution in [2.24, 2.45) is 0 Å². The standard InChI is InChI=1S/C83H51N7/c84-52-53-32-34-55(35-33-53)83-85-73(54-18-4-1-5-19-54)51-74(86-83)60-44-63(89-77-30-16-12-26-67(77)71-48-58(38-42-81(71)89)56-36-40-79-69(46-56)65-24-10-14-28-75(65)87(79)61-20-6-2-7-21-61)50-64(45-60)90-78-31-17-13-27-68(78)72-49-59(39-43-82(72)90)57-37-41-80-70(47-57)66-25-11-15-29-76(66)88(80)62-22-8-3-9-23-62/h1-51H. The molecule has 0 atom stereocenters. The number of nitrogens with zero attached hydrogens (tertiary/aromatic N) is 7. The van der Waals surface area contributed by atoms with Gasteiger partial charge in [-0.05, 0) is 168 Å². The van der Waals surface area contributed by atoms with Crippen molar-refractivity contribution in [1.82, 2.24) is 28.2 Å². The Morgan fingerprint density at radius 2 is 0.533 bits per heavy atom. The molecule has 418 valence electrons. The van der Waals surface area contributed by atoms with Crippen LogP contribution in [0, 0.1) is 11.3 Å². The Bertz CT molecular complexity index is 5670. The maximum Gasteiger partial charge on any atom is 0.160 e. The van der Waals surface area contributed by atoms with E-state index in [1.807, 2.05) is 42.5 Å². The van der Waals surface area contributed by atoms with Gasteiger partial charge in [-0.25, -0.2) is 9.97 Å². The van der Waals surface area contributed by atoms with Crippen LogP contribution in [-0.2, 0) is 0 Å². The summed E-state index contributed by atoms with van der Waals surface area (Å²) in [7, 11) is 0. The highest BCUT2D eigenvalue weighted by Gasteiger charge is 2.22. The van der Waals surface area contributed by atoms with Crippen LogP contribution in [0.15, 0.2) is 309 Å². The third-order valence-electron chi connectivity index (χ3n) is 18.2. The van der Waals surface area contributed by atoms with Gasteiger partial charge in [0.05, 0.1) is 67.2 Å². The zero-order chi connectivity index (χ0) is 59.4. The number of nitriles is 1. The van der Waals surface area contributed by atoms with E-state index in [9.17, 15) is 5.26 Å². The quantitative estimate of drug-likeness (QED) is 0.145. The summed E-state index contributed by atoms with van der Waals surface area (Å²) in [5, 5.41) is 19.3. The topological polar surface area (TPSA) is 69.3 Å². The van der Waals surface area contributed by atoms with Crippen molar-refractivity contribution in [3.63, 3.8) is 0 Å². The zero-order valence-electron chi connectivity index (χ0n) is 48.6. The zero-order valence-corrected chi connectivity index (χ0v) is 48.6. The molecule has 5 heterocycles. The average Bonchev–Trinajstić information content (AvgIpc) is 1.69. The van der Waals surface area contributed by atoms with Gasteiger partial charge in [-0.15, -0.1) is 0 Å². The van der Waals surface area contributed by atoms with Crippen LogP contribution in [0.2, 0.25) is 0 Å². The molecule has 18 aromatic rings. The van der Waals surface area contributed by atoms with Gasteiger partial charge in [-0.1, -0.05) is 164 Å². The molecule has 0 spiro atoms. The van der Waals surface area contributed by atoms with Crippen LogP contribution in [-0.4, -0.2) is 28.2 Å². The van der Waals surface area contributed by atoms with Gasteiger partial charge < -0.3 is 18.3 Å². The van der Waals surface area contributed by atoms with Crippen LogP contribution in [0.3, 0.4) is 0 Å². The molecule has 0 aliphatic rings. The van der Waals surface area contributed by atoms with E-state index in [1.165, 1.54) is 43.6 Å². The Morgan fingerprint density at radius 3 is 0.911 bits per heavy atom. The molecule has 0 saturated carbocycles. The van der Waals surface area contributed by atoms with Crippen LogP contribution in [0.1, 0.15) is 5.56 Å². The molecular weight excluding hydrogens is 1090 g/mol. The van der Waals surface area contributed by atoms with Gasteiger partial charge in [-0.2, -0.15) is 5.26 Å².